The van der Waals surface area contributed by atoms with Gasteiger partial charge >= 0.3 is 0 Å². The van der Waals surface area contributed by atoms with Crippen molar-refractivity contribution in [2.45, 2.75) is 18.9 Å². The molecule has 0 unspecified atom stereocenters. The monoisotopic (exact) mass is 156 g/mol. The lowest BCUT2D eigenvalue weighted by atomic mass is 10.5. The third-order valence-corrected chi connectivity index (χ3v) is 0.786. The lowest BCUT2D eigenvalue weighted by Crippen LogP contribution is -2.16. The molecule has 0 amide bonds. The molecule has 0 radical (unpaired) electrons. The van der Waals surface area contributed by atoms with Gasteiger partial charge in [-0.3, -0.25) is 0 Å². The topological polar surface area (TPSA) is 9.23 Å². The van der Waals surface area contributed by atoms with E-state index >= 15 is 0 Å². The molecule has 0 aromatic carbocycles. The highest BCUT2D eigenvalue weighted by atomic mass is 35.5. The Kier molecular flexibility index (Phi) is 3.78. The Balaban J connectivity index is 3.11. The second kappa shape index (κ2) is 3.54. The van der Waals surface area contributed by atoms with E-state index in [1.54, 1.807) is 13.8 Å². The van der Waals surface area contributed by atoms with E-state index in [-0.39, 0.29) is 0 Å². The first-order chi connectivity index (χ1) is 3.56. The van der Waals surface area contributed by atoms with Gasteiger partial charge in [-0.25, -0.2) is 0 Å². The van der Waals surface area contributed by atoms with Gasteiger partial charge in [0.15, 0.2) is 0 Å². The summed E-state index contributed by atoms with van der Waals surface area (Å²) in [5, 5.41) is -0.561. The van der Waals surface area contributed by atoms with Gasteiger partial charge in [-0.1, -0.05) is 11.6 Å². The van der Waals surface area contributed by atoms with Crippen LogP contribution in [0.1, 0.15) is 13.8 Å². The highest BCUT2D eigenvalue weighted by molar-refractivity contribution is 6.22. The van der Waals surface area contributed by atoms with E-state index in [9.17, 15) is 0 Å². The first kappa shape index (κ1) is 8.54. The third kappa shape index (κ3) is 6.54. The minimum atomic E-state index is -0.561. The van der Waals surface area contributed by atoms with Crippen LogP contribution in [0.4, 0.5) is 0 Å². The zero-order valence-electron chi connectivity index (χ0n) is 5.08. The summed E-state index contributed by atoms with van der Waals surface area (Å²) in [5.41, 5.74) is 0. The molecule has 0 aliphatic carbocycles. The standard InChI is InChI=1S/C5H10Cl2O/c1-5(2,7)8-4-3-6/h3-4H2,1-2H3. The fourth-order valence-corrected chi connectivity index (χ4v) is 0.436. The molecule has 0 saturated heterocycles. The van der Waals surface area contributed by atoms with Crippen LogP contribution >= 0.6 is 23.2 Å². The van der Waals surface area contributed by atoms with Crippen LogP contribution in [-0.4, -0.2) is 17.5 Å². The van der Waals surface area contributed by atoms with Crippen LogP contribution in [-0.2, 0) is 4.74 Å². The Morgan fingerprint density at radius 3 is 2.12 bits per heavy atom. The molecule has 0 heterocycles. The third-order valence-electron chi connectivity index (χ3n) is 0.522. The van der Waals surface area contributed by atoms with Crippen LogP contribution in [0.15, 0.2) is 0 Å². The Hall–Kier alpha value is 0.540. The minimum absolute atomic E-state index is 0.496. The summed E-state index contributed by atoms with van der Waals surface area (Å²) in [6.07, 6.45) is 0. The zero-order valence-corrected chi connectivity index (χ0v) is 6.59. The molecule has 0 fully saturated rings. The molecule has 0 bridgehead atoms. The Morgan fingerprint density at radius 1 is 1.50 bits per heavy atom. The van der Waals surface area contributed by atoms with Crippen molar-refractivity contribution in [2.24, 2.45) is 0 Å². The van der Waals surface area contributed by atoms with Crippen molar-refractivity contribution in [3.05, 3.63) is 0 Å². The molecule has 3 heteroatoms. The highest BCUT2D eigenvalue weighted by Gasteiger charge is 2.11. The van der Waals surface area contributed by atoms with Gasteiger partial charge in [0, 0.05) is 5.88 Å². The lowest BCUT2D eigenvalue weighted by Gasteiger charge is -2.14. The van der Waals surface area contributed by atoms with Gasteiger partial charge in [-0.2, -0.15) is 0 Å². The summed E-state index contributed by atoms with van der Waals surface area (Å²) in [7, 11) is 0. The molecule has 0 atom stereocenters. The molecular formula is C5H10Cl2O. The number of hydrogen-bond donors (Lipinski definition) is 0. The quantitative estimate of drug-likeness (QED) is 0.570. The molecular weight excluding hydrogens is 147 g/mol. The summed E-state index contributed by atoms with van der Waals surface area (Å²) in [6, 6.07) is 0. The number of ether oxygens (including phenoxy) is 1. The smallest absolute Gasteiger partial charge is 0.136 e. The minimum Gasteiger partial charge on any atom is -0.359 e. The Bertz CT molecular complexity index is 57.9. The van der Waals surface area contributed by atoms with E-state index in [0.717, 1.165) is 0 Å². The molecule has 50 valence electrons. The molecule has 0 rings (SSSR count). The summed E-state index contributed by atoms with van der Waals surface area (Å²) in [6.45, 7) is 4.07. The highest BCUT2D eigenvalue weighted by Crippen LogP contribution is 2.13. The maximum Gasteiger partial charge on any atom is 0.136 e. The molecule has 0 saturated carbocycles. The van der Waals surface area contributed by atoms with E-state index in [1.807, 2.05) is 0 Å². The average molecular weight is 157 g/mol. The van der Waals surface area contributed by atoms with Crippen LogP contribution in [0.2, 0.25) is 0 Å². The van der Waals surface area contributed by atoms with Gasteiger partial charge in [0.2, 0.25) is 0 Å². The fraction of sp³-hybridized carbons (Fsp3) is 1.00. The zero-order chi connectivity index (χ0) is 6.62. The molecule has 0 aromatic rings. The summed E-state index contributed by atoms with van der Waals surface area (Å²) in [5.74, 6) is 0.496. The molecule has 0 aliphatic rings. The van der Waals surface area contributed by atoms with Crippen molar-refractivity contribution in [1.82, 2.24) is 0 Å². The van der Waals surface area contributed by atoms with Crippen LogP contribution in [0.3, 0.4) is 0 Å². The van der Waals surface area contributed by atoms with Gasteiger partial charge in [0.05, 0.1) is 6.61 Å². The molecule has 0 aromatic heterocycles. The van der Waals surface area contributed by atoms with Crippen LogP contribution in [0.5, 0.6) is 0 Å². The predicted molar refractivity (Wildman–Crippen MR) is 36.6 cm³/mol. The van der Waals surface area contributed by atoms with Crippen molar-refractivity contribution in [3.63, 3.8) is 0 Å². The fourth-order valence-electron chi connectivity index (χ4n) is 0.281. The predicted octanol–water partition coefficient (Wildman–Crippen LogP) is 2.22. The maximum absolute atomic E-state index is 5.63. The average Bonchev–Trinajstić information content (AvgIpc) is 1.59. The summed E-state index contributed by atoms with van der Waals surface area (Å²) in [4.78, 5) is 0. The van der Waals surface area contributed by atoms with Crippen LogP contribution < -0.4 is 0 Å². The largest absolute Gasteiger partial charge is 0.359 e. The SMILES string of the molecule is CC(C)(Cl)OCCCl. The van der Waals surface area contributed by atoms with E-state index in [4.69, 9.17) is 27.9 Å². The van der Waals surface area contributed by atoms with Gasteiger partial charge in [-0.15, -0.1) is 11.6 Å². The van der Waals surface area contributed by atoms with Gasteiger partial charge < -0.3 is 4.74 Å². The molecule has 0 N–H and O–H groups in total. The van der Waals surface area contributed by atoms with Crippen molar-refractivity contribution >= 4 is 23.2 Å². The first-order valence-electron chi connectivity index (χ1n) is 2.45. The van der Waals surface area contributed by atoms with Gasteiger partial charge in [0.1, 0.15) is 5.06 Å². The molecule has 0 spiro atoms. The second-order valence-electron chi connectivity index (χ2n) is 1.90. The van der Waals surface area contributed by atoms with Crippen molar-refractivity contribution in [3.8, 4) is 0 Å². The molecule has 1 nitrogen and oxygen atoms in total. The number of rotatable bonds is 3. The lowest BCUT2D eigenvalue weighted by molar-refractivity contribution is 0.0576. The normalized spacial score (nSPS) is 12.0. The van der Waals surface area contributed by atoms with E-state index < -0.39 is 5.06 Å². The van der Waals surface area contributed by atoms with E-state index in [1.165, 1.54) is 0 Å². The van der Waals surface area contributed by atoms with Crippen LogP contribution in [0, 0.1) is 0 Å². The molecule has 0 aliphatic heterocycles. The summed E-state index contributed by atoms with van der Waals surface area (Å²) < 4.78 is 5.01. The van der Waals surface area contributed by atoms with E-state index in [2.05, 4.69) is 0 Å². The maximum atomic E-state index is 5.63. The van der Waals surface area contributed by atoms with Gasteiger partial charge in [-0.05, 0) is 13.8 Å². The van der Waals surface area contributed by atoms with Crippen molar-refractivity contribution in [2.75, 3.05) is 12.5 Å². The van der Waals surface area contributed by atoms with Crippen LogP contribution in [0.25, 0.3) is 0 Å². The molecule has 8 heavy (non-hydrogen) atoms. The van der Waals surface area contributed by atoms with Gasteiger partial charge in [0.25, 0.3) is 0 Å². The van der Waals surface area contributed by atoms with Crippen molar-refractivity contribution in [1.29, 1.82) is 0 Å². The van der Waals surface area contributed by atoms with Crippen molar-refractivity contribution < 1.29 is 4.74 Å². The Morgan fingerprint density at radius 2 is 2.00 bits per heavy atom. The number of alkyl halides is 2. The summed E-state index contributed by atoms with van der Waals surface area (Å²) >= 11 is 11.0. The second-order valence-corrected chi connectivity index (χ2v) is 3.19. The number of halogens is 2. The number of hydrogen-bond acceptors (Lipinski definition) is 1. The first-order valence-corrected chi connectivity index (χ1v) is 3.36. The van der Waals surface area contributed by atoms with E-state index in [0.29, 0.717) is 12.5 Å². The Labute approximate surface area is 59.9 Å².